The minimum absolute atomic E-state index is 0.0254. The van der Waals surface area contributed by atoms with E-state index < -0.39 is 13.5 Å². The molecular formula is C40H40OSi. The maximum absolute atomic E-state index is 15.1. The fraction of sp³-hybridized carbons (Fsp3) is 0.275. The van der Waals surface area contributed by atoms with Gasteiger partial charge in [0, 0.05) is 16.4 Å². The molecule has 42 heavy (non-hydrogen) atoms. The van der Waals surface area contributed by atoms with E-state index in [-0.39, 0.29) is 10.5 Å². The quantitative estimate of drug-likeness (QED) is 0.143. The molecule has 0 N–H and O–H groups in total. The zero-order valence-corrected chi connectivity index (χ0v) is 26.0. The summed E-state index contributed by atoms with van der Waals surface area (Å²) in [5, 5.41) is 5.29. The van der Waals surface area contributed by atoms with Gasteiger partial charge in [-0.2, -0.15) is 0 Å². The first kappa shape index (κ1) is 27.1. The topological polar surface area (TPSA) is 17.1 Å². The summed E-state index contributed by atoms with van der Waals surface area (Å²) in [4.78, 5) is 15.1. The van der Waals surface area contributed by atoms with Crippen molar-refractivity contribution in [2.45, 2.75) is 56.5 Å². The Bertz CT molecular complexity index is 1690. The number of hydrogen-bond acceptors (Lipinski definition) is 1. The maximum Gasteiger partial charge on any atom is 0.169 e. The minimum atomic E-state index is -2.47. The molecule has 0 aromatic heterocycles. The van der Waals surface area contributed by atoms with Crippen LogP contribution < -0.4 is 10.4 Å². The van der Waals surface area contributed by atoms with Crippen molar-refractivity contribution < 1.29 is 4.79 Å². The molecule has 0 amide bonds. The molecule has 210 valence electrons. The third-order valence-electron chi connectivity index (χ3n) is 11.0. The highest BCUT2D eigenvalue weighted by Crippen LogP contribution is 2.73. The Morgan fingerprint density at radius 1 is 0.667 bits per heavy atom. The number of benzene rings is 5. The highest BCUT2D eigenvalue weighted by atomic mass is 28.3. The molecule has 3 saturated carbocycles. The van der Waals surface area contributed by atoms with E-state index in [2.05, 4.69) is 154 Å². The second-order valence-corrected chi connectivity index (χ2v) is 18.8. The molecule has 1 nitrogen and oxygen atoms in total. The fourth-order valence-electron chi connectivity index (χ4n) is 9.05. The zero-order chi connectivity index (χ0) is 29.0. The van der Waals surface area contributed by atoms with Crippen LogP contribution in [0.1, 0.15) is 56.0 Å². The van der Waals surface area contributed by atoms with Crippen molar-refractivity contribution in [3.63, 3.8) is 0 Å². The van der Waals surface area contributed by atoms with Crippen LogP contribution in [0.5, 0.6) is 0 Å². The van der Waals surface area contributed by atoms with Gasteiger partial charge >= 0.3 is 0 Å². The average molecular weight is 565 g/mol. The van der Waals surface area contributed by atoms with Crippen molar-refractivity contribution in [2.75, 3.05) is 0 Å². The maximum atomic E-state index is 15.1. The number of rotatable bonds is 7. The van der Waals surface area contributed by atoms with Crippen molar-refractivity contribution >= 4 is 35.0 Å². The molecule has 8 rings (SSSR count). The van der Waals surface area contributed by atoms with Crippen molar-refractivity contribution in [3.8, 4) is 0 Å². The lowest BCUT2D eigenvalue weighted by molar-refractivity contribution is 0.0502. The number of Topliss-reactive ketones (excluding diaryl/α,β-unsaturated/α-hetero) is 1. The Morgan fingerprint density at radius 3 is 1.76 bits per heavy atom. The highest BCUT2D eigenvalue weighted by molar-refractivity contribution is 7.04. The standard InChI is InChI=1S/C40H40OSi/c1-38(2,3)42(35-19-9-5-10-20-35,36-21-11-6-12-22-36)29-40(34-17-7-4-8-18-34)28-30-26-39(40,27-30)37(41)33-24-23-31-15-13-14-16-32(31)25-33/h4-25,30H,26-29H2,1-3H3/t30?,39?,40-/m0/s1. The number of ketones is 1. The normalized spacial score (nSPS) is 23.5. The van der Waals surface area contributed by atoms with Crippen LogP contribution in [0.15, 0.2) is 133 Å². The van der Waals surface area contributed by atoms with Crippen LogP contribution >= 0.6 is 0 Å². The molecule has 2 bridgehead atoms. The summed E-state index contributed by atoms with van der Waals surface area (Å²) in [6.07, 6.45) is 3.07. The Labute approximate surface area is 251 Å². The van der Waals surface area contributed by atoms with E-state index in [0.29, 0.717) is 11.7 Å². The lowest BCUT2D eigenvalue weighted by atomic mass is 9.55. The molecule has 1 atom stereocenters. The van der Waals surface area contributed by atoms with Gasteiger partial charge in [0.05, 0.1) is 0 Å². The highest BCUT2D eigenvalue weighted by Gasteiger charge is 2.72. The van der Waals surface area contributed by atoms with Gasteiger partial charge < -0.3 is 0 Å². The molecule has 0 saturated heterocycles. The molecule has 2 heteroatoms. The van der Waals surface area contributed by atoms with E-state index in [1.807, 2.05) is 0 Å². The molecule has 0 aliphatic heterocycles. The van der Waals surface area contributed by atoms with E-state index in [1.165, 1.54) is 21.3 Å². The van der Waals surface area contributed by atoms with Gasteiger partial charge in [0.15, 0.2) is 5.78 Å². The van der Waals surface area contributed by atoms with Crippen molar-refractivity contribution in [1.29, 1.82) is 0 Å². The molecule has 0 spiro atoms. The molecule has 0 radical (unpaired) electrons. The molecule has 0 heterocycles. The van der Waals surface area contributed by atoms with Crippen LogP contribution in [-0.4, -0.2) is 13.9 Å². The molecule has 5 aromatic rings. The van der Waals surface area contributed by atoms with Crippen LogP contribution in [0.25, 0.3) is 10.8 Å². The summed E-state index contributed by atoms with van der Waals surface area (Å²) in [5.74, 6) is 0.941. The van der Waals surface area contributed by atoms with Gasteiger partial charge in [0.1, 0.15) is 8.07 Å². The van der Waals surface area contributed by atoms with Crippen LogP contribution in [0, 0.1) is 11.3 Å². The molecule has 0 unspecified atom stereocenters. The van der Waals surface area contributed by atoms with Gasteiger partial charge in [-0.05, 0) is 58.7 Å². The van der Waals surface area contributed by atoms with Crippen LogP contribution in [0.2, 0.25) is 11.1 Å². The summed E-state index contributed by atoms with van der Waals surface area (Å²) in [6, 6.07) is 49.6. The first-order valence-corrected chi connectivity index (χ1v) is 17.7. The lowest BCUT2D eigenvalue weighted by Crippen LogP contribution is -2.68. The van der Waals surface area contributed by atoms with Crippen LogP contribution in [0.3, 0.4) is 0 Å². The van der Waals surface area contributed by atoms with Crippen LogP contribution in [-0.2, 0) is 5.41 Å². The minimum Gasteiger partial charge on any atom is -0.294 e. The van der Waals surface area contributed by atoms with Crippen LogP contribution in [0.4, 0.5) is 0 Å². The van der Waals surface area contributed by atoms with E-state index in [4.69, 9.17) is 0 Å². The third-order valence-corrected chi connectivity index (χ3v) is 17.3. The Hall–Kier alpha value is -3.75. The van der Waals surface area contributed by atoms with Gasteiger partial charge in [0.25, 0.3) is 0 Å². The second kappa shape index (κ2) is 9.92. The predicted molar refractivity (Wildman–Crippen MR) is 179 cm³/mol. The van der Waals surface area contributed by atoms with E-state index in [1.54, 1.807) is 0 Å². The first-order valence-electron chi connectivity index (χ1n) is 15.5. The number of carbonyl (C=O) groups excluding carboxylic acids is 1. The third kappa shape index (κ3) is 3.92. The molecule has 3 fully saturated rings. The second-order valence-electron chi connectivity index (χ2n) is 14.0. The number of carbonyl (C=O) groups is 1. The monoisotopic (exact) mass is 564 g/mol. The van der Waals surface area contributed by atoms with Gasteiger partial charge in [0.2, 0.25) is 0 Å². The van der Waals surface area contributed by atoms with Gasteiger partial charge in [-0.1, -0.05) is 159 Å². The van der Waals surface area contributed by atoms with Crippen molar-refractivity contribution in [2.24, 2.45) is 11.3 Å². The molecule has 5 aromatic carbocycles. The first-order chi connectivity index (χ1) is 20.3. The average Bonchev–Trinajstić information content (AvgIpc) is 3.51. The van der Waals surface area contributed by atoms with Gasteiger partial charge in [-0.15, -0.1) is 0 Å². The van der Waals surface area contributed by atoms with E-state index in [9.17, 15) is 0 Å². The van der Waals surface area contributed by atoms with Gasteiger partial charge in [-0.3, -0.25) is 4.79 Å². The Balaban J connectivity index is 1.47. The summed E-state index contributed by atoms with van der Waals surface area (Å²) in [5.41, 5.74) is 1.60. The lowest BCUT2D eigenvalue weighted by Gasteiger charge is -2.54. The van der Waals surface area contributed by atoms with Gasteiger partial charge in [-0.25, -0.2) is 0 Å². The summed E-state index contributed by atoms with van der Waals surface area (Å²) in [7, 11) is -2.47. The largest absolute Gasteiger partial charge is 0.294 e. The predicted octanol–water partition coefficient (Wildman–Crippen LogP) is 8.82. The molecular weight excluding hydrogens is 525 g/mol. The van der Waals surface area contributed by atoms with E-state index in [0.717, 1.165) is 36.3 Å². The molecule has 3 aliphatic carbocycles. The van der Waals surface area contributed by atoms with Crippen molar-refractivity contribution in [1.82, 2.24) is 0 Å². The zero-order valence-electron chi connectivity index (χ0n) is 25.0. The summed E-state index contributed by atoms with van der Waals surface area (Å²) >= 11 is 0. The fourth-order valence-corrected chi connectivity index (χ4v) is 15.2. The Kier molecular flexibility index (Phi) is 6.40. The summed E-state index contributed by atoms with van der Waals surface area (Å²) in [6.45, 7) is 7.36. The number of fused-ring (bicyclic) bond motifs is 2. The Morgan fingerprint density at radius 2 is 1.19 bits per heavy atom. The smallest absolute Gasteiger partial charge is 0.169 e. The SMILES string of the molecule is CC(C)(C)[Si](C[C@]1(c2ccccc2)CC2CC1(C(=O)c1ccc3ccccc3c1)C2)(c1ccccc1)c1ccccc1. The van der Waals surface area contributed by atoms with E-state index >= 15 is 4.79 Å². The summed E-state index contributed by atoms with van der Waals surface area (Å²) < 4.78 is 0. The molecule has 3 aliphatic rings. The number of hydrogen-bond donors (Lipinski definition) is 0. The van der Waals surface area contributed by atoms with Crippen molar-refractivity contribution in [3.05, 3.63) is 145 Å².